The van der Waals surface area contributed by atoms with Crippen LogP contribution in [0, 0.1) is 11.8 Å². The van der Waals surface area contributed by atoms with E-state index >= 15 is 0 Å². The molecule has 1 fully saturated rings. The van der Waals surface area contributed by atoms with Gasteiger partial charge < -0.3 is 15.4 Å². The Morgan fingerprint density at radius 2 is 1.89 bits per heavy atom. The number of sulfonamides is 1. The number of carbonyl (C=O) groups is 1. The molecular formula is C24H33N7O4S. The highest BCUT2D eigenvalue weighted by molar-refractivity contribution is 7.89. The highest BCUT2D eigenvalue weighted by Gasteiger charge is 2.24. The molecule has 194 valence electrons. The van der Waals surface area contributed by atoms with Gasteiger partial charge in [-0.3, -0.25) is 0 Å². The summed E-state index contributed by atoms with van der Waals surface area (Å²) in [5.41, 5.74) is 0.733. The molecule has 0 unspecified atom stereocenters. The first kappa shape index (κ1) is 25.8. The first-order valence-corrected chi connectivity index (χ1v) is 13.6. The first-order chi connectivity index (χ1) is 17.0. The Hall–Kier alpha value is -3.25. The summed E-state index contributed by atoms with van der Waals surface area (Å²) in [6.45, 7) is 6.93. The average Bonchev–Trinajstić information content (AvgIpc) is 3.19. The Morgan fingerprint density at radius 1 is 1.17 bits per heavy atom. The van der Waals surface area contributed by atoms with Crippen molar-refractivity contribution in [2.24, 2.45) is 17.0 Å². The number of benzene rings is 1. The number of anilines is 2. The predicted molar refractivity (Wildman–Crippen MR) is 136 cm³/mol. The molecule has 0 spiro atoms. The lowest BCUT2D eigenvalue weighted by molar-refractivity contribution is 0.0513. The number of hydrogen-bond acceptors (Lipinski definition) is 8. The lowest BCUT2D eigenvalue weighted by atomic mass is 9.82. The van der Waals surface area contributed by atoms with Crippen LogP contribution in [-0.4, -0.2) is 46.4 Å². The van der Waals surface area contributed by atoms with Gasteiger partial charge >= 0.3 is 6.09 Å². The Morgan fingerprint density at radius 3 is 2.58 bits per heavy atom. The number of alkyl carbamates (subject to hydrolysis) is 1. The zero-order chi connectivity index (χ0) is 25.9. The lowest BCUT2D eigenvalue weighted by Gasteiger charge is -2.29. The van der Waals surface area contributed by atoms with Gasteiger partial charge in [-0.2, -0.15) is 10.1 Å². The van der Waals surface area contributed by atoms with Crippen molar-refractivity contribution in [3.8, 4) is 0 Å². The van der Waals surface area contributed by atoms with Crippen LogP contribution in [0.2, 0.25) is 0 Å². The molecule has 3 aromatic rings. The maximum Gasteiger partial charge on any atom is 0.407 e. The van der Waals surface area contributed by atoms with Crippen LogP contribution in [0.25, 0.3) is 11.0 Å². The van der Waals surface area contributed by atoms with Gasteiger partial charge in [-0.15, -0.1) is 0 Å². The molecule has 1 amide bonds. The maximum absolute atomic E-state index is 11.9. The Bertz CT molecular complexity index is 1330. The van der Waals surface area contributed by atoms with Crippen LogP contribution < -0.4 is 15.8 Å². The summed E-state index contributed by atoms with van der Waals surface area (Å²) in [5, 5.41) is 16.5. The molecule has 2 heterocycles. The van der Waals surface area contributed by atoms with Gasteiger partial charge in [-0.05, 0) is 76.5 Å². The lowest BCUT2D eigenvalue weighted by Crippen LogP contribution is -2.36. The van der Waals surface area contributed by atoms with Crippen molar-refractivity contribution in [2.45, 2.75) is 63.5 Å². The molecule has 0 bridgehead atoms. The van der Waals surface area contributed by atoms with Gasteiger partial charge in [0.15, 0.2) is 5.65 Å². The van der Waals surface area contributed by atoms with E-state index in [0.29, 0.717) is 35.7 Å². The van der Waals surface area contributed by atoms with E-state index < -0.39 is 15.6 Å². The zero-order valence-electron chi connectivity index (χ0n) is 20.8. The van der Waals surface area contributed by atoms with E-state index in [0.717, 1.165) is 37.6 Å². The number of primary sulfonamides is 1. The summed E-state index contributed by atoms with van der Waals surface area (Å²) in [5.74, 6) is 1.24. The van der Waals surface area contributed by atoms with Crippen molar-refractivity contribution in [2.75, 3.05) is 11.9 Å². The number of ether oxygens (including phenoxy) is 1. The Kier molecular flexibility index (Phi) is 7.46. The quantitative estimate of drug-likeness (QED) is 0.432. The number of nitrogens with one attached hydrogen (secondary N) is 2. The largest absolute Gasteiger partial charge is 0.444 e. The van der Waals surface area contributed by atoms with Gasteiger partial charge in [0.05, 0.1) is 16.5 Å². The summed E-state index contributed by atoms with van der Waals surface area (Å²) >= 11 is 0. The Labute approximate surface area is 210 Å². The molecule has 0 saturated heterocycles. The third-order valence-corrected chi connectivity index (χ3v) is 7.04. The van der Waals surface area contributed by atoms with E-state index in [9.17, 15) is 13.2 Å². The van der Waals surface area contributed by atoms with Gasteiger partial charge in [0, 0.05) is 25.0 Å². The molecule has 1 aliphatic carbocycles. The summed E-state index contributed by atoms with van der Waals surface area (Å²) < 4.78 is 30.5. The summed E-state index contributed by atoms with van der Waals surface area (Å²) in [4.78, 5) is 20.9. The second-order valence-corrected chi connectivity index (χ2v) is 11.8. The van der Waals surface area contributed by atoms with Crippen LogP contribution in [-0.2, 0) is 21.3 Å². The molecule has 0 aliphatic heterocycles. The van der Waals surface area contributed by atoms with Crippen LogP contribution in [0.3, 0.4) is 0 Å². The van der Waals surface area contributed by atoms with E-state index in [2.05, 4.69) is 25.7 Å². The van der Waals surface area contributed by atoms with Gasteiger partial charge in [-0.25, -0.2) is 28.0 Å². The van der Waals surface area contributed by atoms with Gasteiger partial charge in [0.25, 0.3) is 0 Å². The summed E-state index contributed by atoms with van der Waals surface area (Å²) in [6, 6.07) is 6.19. The molecule has 1 aliphatic rings. The minimum atomic E-state index is -3.81. The van der Waals surface area contributed by atoms with E-state index in [1.807, 2.05) is 25.5 Å². The van der Waals surface area contributed by atoms with Crippen LogP contribution in [0.15, 0.2) is 41.6 Å². The molecule has 1 saturated carbocycles. The van der Waals surface area contributed by atoms with Crippen LogP contribution in [0.1, 0.15) is 46.5 Å². The van der Waals surface area contributed by atoms with E-state index in [1.165, 1.54) is 12.1 Å². The standard InChI is InChI=1S/C24H33N7O4S/c1-24(2,3)35-23(32)27-12-16-7-9-17(10-8-16)15-31-21-18(14-28-31)13-26-22(30-21)29-19-5-4-6-20(11-19)36(25,33)34/h4-6,11,13-14,16-17H,7-10,12,15H2,1-3H3,(H,27,32)(H2,25,33,34)(H,26,29,30). The molecule has 12 heteroatoms. The van der Waals surface area contributed by atoms with E-state index in [-0.39, 0.29) is 11.0 Å². The minimum Gasteiger partial charge on any atom is -0.444 e. The van der Waals surface area contributed by atoms with Crippen molar-refractivity contribution >= 4 is 38.8 Å². The third kappa shape index (κ3) is 6.91. The van der Waals surface area contributed by atoms with Gasteiger partial charge in [0.2, 0.25) is 16.0 Å². The molecule has 4 N–H and O–H groups in total. The number of carbonyl (C=O) groups excluding carboxylic acids is 1. The fourth-order valence-corrected chi connectivity index (χ4v) is 4.90. The van der Waals surface area contributed by atoms with Crippen LogP contribution in [0.4, 0.5) is 16.4 Å². The van der Waals surface area contributed by atoms with Crippen molar-refractivity contribution in [3.05, 3.63) is 36.7 Å². The second-order valence-electron chi connectivity index (χ2n) is 10.3. The summed E-state index contributed by atoms with van der Waals surface area (Å²) in [7, 11) is -3.81. The van der Waals surface area contributed by atoms with Crippen LogP contribution in [0.5, 0.6) is 0 Å². The molecule has 1 aromatic carbocycles. The maximum atomic E-state index is 11.9. The Balaban J connectivity index is 1.35. The third-order valence-electron chi connectivity index (χ3n) is 6.13. The molecule has 0 radical (unpaired) electrons. The fourth-order valence-electron chi connectivity index (χ4n) is 4.34. The molecule has 4 rings (SSSR count). The molecule has 36 heavy (non-hydrogen) atoms. The number of rotatable bonds is 7. The predicted octanol–water partition coefficient (Wildman–Crippen LogP) is 3.55. The number of fused-ring (bicyclic) bond motifs is 1. The van der Waals surface area contributed by atoms with E-state index in [4.69, 9.17) is 9.88 Å². The smallest absolute Gasteiger partial charge is 0.407 e. The molecule has 11 nitrogen and oxygen atoms in total. The number of nitrogens with zero attached hydrogens (tertiary/aromatic N) is 4. The van der Waals surface area contributed by atoms with Crippen LogP contribution >= 0.6 is 0 Å². The minimum absolute atomic E-state index is 0.00974. The number of amides is 1. The van der Waals surface area contributed by atoms with Gasteiger partial charge in [-0.1, -0.05) is 6.07 Å². The number of aromatic nitrogens is 4. The van der Waals surface area contributed by atoms with E-state index in [1.54, 1.807) is 24.5 Å². The molecule has 2 aromatic heterocycles. The average molecular weight is 516 g/mol. The topological polar surface area (TPSA) is 154 Å². The highest BCUT2D eigenvalue weighted by Crippen LogP contribution is 2.30. The van der Waals surface area contributed by atoms with Gasteiger partial charge in [0.1, 0.15) is 5.60 Å². The first-order valence-electron chi connectivity index (χ1n) is 12.0. The van der Waals surface area contributed by atoms with Crippen molar-refractivity contribution in [1.82, 2.24) is 25.1 Å². The zero-order valence-corrected chi connectivity index (χ0v) is 21.6. The molecular weight excluding hydrogens is 482 g/mol. The second kappa shape index (κ2) is 10.4. The normalized spacial score (nSPS) is 18.7. The number of nitrogens with two attached hydrogens (primary N) is 1. The molecule has 0 atom stereocenters. The highest BCUT2D eigenvalue weighted by atomic mass is 32.2. The fraction of sp³-hybridized carbons (Fsp3) is 0.500. The van der Waals surface area contributed by atoms with Crippen molar-refractivity contribution in [3.63, 3.8) is 0 Å². The van der Waals surface area contributed by atoms with Crippen molar-refractivity contribution < 1.29 is 17.9 Å². The monoisotopic (exact) mass is 515 g/mol. The SMILES string of the molecule is CC(C)(C)OC(=O)NCC1CCC(Cn2ncc3cnc(Nc4cccc(S(N)(=O)=O)c4)nc32)CC1. The van der Waals surface area contributed by atoms with Crippen molar-refractivity contribution in [1.29, 1.82) is 0 Å². The summed E-state index contributed by atoms with van der Waals surface area (Å²) in [6.07, 6.45) is 7.21. The number of hydrogen-bond donors (Lipinski definition) is 3.